The molecule has 0 unspecified atom stereocenters. The van der Waals surface area contributed by atoms with Gasteiger partial charge in [0.15, 0.2) is 9.84 Å². The Morgan fingerprint density at radius 1 is 1.04 bits per heavy atom. The number of nitrogens with one attached hydrogen (secondary N) is 1. The molecule has 4 nitrogen and oxygen atoms in total. The summed E-state index contributed by atoms with van der Waals surface area (Å²) >= 11 is 0. The van der Waals surface area contributed by atoms with Crippen LogP contribution in [-0.4, -0.2) is 38.9 Å². The molecule has 0 saturated carbocycles. The highest BCUT2D eigenvalue weighted by Crippen LogP contribution is 2.17. The van der Waals surface area contributed by atoms with Gasteiger partial charge >= 0.3 is 0 Å². The zero-order valence-corrected chi connectivity index (χ0v) is 15.7. The van der Waals surface area contributed by atoms with Crippen LogP contribution in [0.1, 0.15) is 29.5 Å². The lowest BCUT2D eigenvalue weighted by Crippen LogP contribution is -2.19. The average Bonchev–Trinajstić information content (AvgIpc) is 3.09. The molecule has 1 saturated heterocycles. The van der Waals surface area contributed by atoms with Crippen LogP contribution >= 0.6 is 0 Å². The fourth-order valence-corrected chi connectivity index (χ4v) is 3.59. The number of rotatable bonds is 4. The fourth-order valence-electron chi connectivity index (χ4n) is 2.94. The monoisotopic (exact) mass is 358 g/mol. The summed E-state index contributed by atoms with van der Waals surface area (Å²) in [6.07, 6.45) is 5.33. The van der Waals surface area contributed by atoms with E-state index in [0.29, 0.717) is 4.90 Å². The maximum atomic E-state index is 10.8. The molecule has 0 bridgehead atoms. The van der Waals surface area contributed by atoms with Crippen LogP contribution in [0.3, 0.4) is 0 Å². The van der Waals surface area contributed by atoms with Gasteiger partial charge in [0, 0.05) is 19.0 Å². The van der Waals surface area contributed by atoms with E-state index in [4.69, 9.17) is 5.41 Å². The Hall–Kier alpha value is -1.98. The van der Waals surface area contributed by atoms with E-state index in [9.17, 15) is 8.42 Å². The molecule has 134 valence electrons. The zero-order chi connectivity index (χ0) is 18.3. The Balaban J connectivity index is 0.000000196. The summed E-state index contributed by atoms with van der Waals surface area (Å²) in [5.41, 5.74) is 3.61. The van der Waals surface area contributed by atoms with E-state index >= 15 is 0 Å². The van der Waals surface area contributed by atoms with E-state index in [-0.39, 0.29) is 0 Å². The molecule has 0 amide bonds. The third-order valence-electron chi connectivity index (χ3n) is 4.32. The van der Waals surface area contributed by atoms with Crippen molar-refractivity contribution in [2.45, 2.75) is 31.2 Å². The van der Waals surface area contributed by atoms with Gasteiger partial charge in [0.05, 0.1) is 4.90 Å². The SMILES string of the molecule is CS(=O)(=O)c1ccccc1.Cc1cccc(CN2CCCC2)c1C=N. The van der Waals surface area contributed by atoms with Gasteiger partial charge < -0.3 is 5.41 Å². The van der Waals surface area contributed by atoms with Crippen LogP contribution in [0.4, 0.5) is 0 Å². The van der Waals surface area contributed by atoms with Crippen LogP contribution in [0.15, 0.2) is 53.4 Å². The Bertz CT molecular complexity index is 796. The first-order valence-electron chi connectivity index (χ1n) is 8.48. The number of hydrogen-bond donors (Lipinski definition) is 1. The zero-order valence-electron chi connectivity index (χ0n) is 14.9. The largest absolute Gasteiger partial charge is 0.308 e. The number of aryl methyl sites for hydroxylation is 1. The molecule has 1 aliphatic rings. The van der Waals surface area contributed by atoms with Gasteiger partial charge in [-0.05, 0) is 61.7 Å². The predicted molar refractivity (Wildman–Crippen MR) is 103 cm³/mol. The minimum absolute atomic E-state index is 0.370. The molecular formula is C20H26N2O2S. The van der Waals surface area contributed by atoms with E-state index in [2.05, 4.69) is 30.0 Å². The number of benzene rings is 2. The maximum absolute atomic E-state index is 10.8. The van der Waals surface area contributed by atoms with Crippen molar-refractivity contribution in [3.05, 3.63) is 65.2 Å². The predicted octanol–water partition coefficient (Wildman–Crippen LogP) is 3.68. The highest BCUT2D eigenvalue weighted by atomic mass is 32.2. The summed E-state index contributed by atoms with van der Waals surface area (Å²) in [4.78, 5) is 2.84. The number of likely N-dealkylation sites (tertiary alicyclic amines) is 1. The molecule has 0 aromatic heterocycles. The van der Waals surface area contributed by atoms with Crippen molar-refractivity contribution in [1.29, 1.82) is 5.41 Å². The summed E-state index contributed by atoms with van der Waals surface area (Å²) in [5, 5.41) is 7.46. The highest BCUT2D eigenvalue weighted by molar-refractivity contribution is 7.90. The molecule has 0 aliphatic carbocycles. The summed E-state index contributed by atoms with van der Waals surface area (Å²) in [7, 11) is -3.00. The first-order chi connectivity index (χ1) is 11.9. The van der Waals surface area contributed by atoms with Crippen LogP contribution in [0.2, 0.25) is 0 Å². The van der Waals surface area contributed by atoms with Gasteiger partial charge in [-0.2, -0.15) is 0 Å². The molecule has 1 fully saturated rings. The quantitative estimate of drug-likeness (QED) is 0.848. The fraction of sp³-hybridized carbons (Fsp3) is 0.350. The summed E-state index contributed by atoms with van der Waals surface area (Å²) < 4.78 is 21.7. The lowest BCUT2D eigenvalue weighted by Gasteiger charge is -2.17. The molecule has 1 heterocycles. The minimum Gasteiger partial charge on any atom is -0.308 e. The topological polar surface area (TPSA) is 61.2 Å². The van der Waals surface area contributed by atoms with E-state index in [1.807, 2.05) is 0 Å². The first kappa shape index (κ1) is 19.3. The number of hydrogen-bond acceptors (Lipinski definition) is 4. The van der Waals surface area contributed by atoms with Gasteiger partial charge in [-0.3, -0.25) is 4.90 Å². The van der Waals surface area contributed by atoms with Gasteiger partial charge in [0.2, 0.25) is 0 Å². The standard InChI is InChI=1S/C13H18N2.C7H8O2S/c1-11-5-4-6-12(13(11)9-14)10-15-7-2-3-8-15;1-10(8,9)7-5-3-2-4-6-7/h4-6,9,14H,2-3,7-8,10H2,1H3;2-6H,1H3. The van der Waals surface area contributed by atoms with Gasteiger partial charge in [0.25, 0.3) is 0 Å². The molecule has 0 radical (unpaired) electrons. The van der Waals surface area contributed by atoms with Gasteiger partial charge in [-0.15, -0.1) is 0 Å². The lowest BCUT2D eigenvalue weighted by molar-refractivity contribution is 0.331. The second kappa shape index (κ2) is 8.92. The number of nitrogens with zero attached hydrogens (tertiary/aromatic N) is 1. The Morgan fingerprint density at radius 3 is 2.20 bits per heavy atom. The van der Waals surface area contributed by atoms with Crippen LogP contribution in [0.5, 0.6) is 0 Å². The van der Waals surface area contributed by atoms with E-state index in [1.165, 1.54) is 49.5 Å². The van der Waals surface area contributed by atoms with Crippen molar-refractivity contribution in [3.8, 4) is 0 Å². The Labute approximate surface area is 150 Å². The molecule has 25 heavy (non-hydrogen) atoms. The Morgan fingerprint density at radius 2 is 1.68 bits per heavy atom. The minimum atomic E-state index is -3.00. The molecule has 1 aliphatic heterocycles. The molecule has 1 N–H and O–H groups in total. The molecule has 2 aromatic carbocycles. The van der Waals surface area contributed by atoms with Crippen molar-refractivity contribution < 1.29 is 8.42 Å². The number of sulfone groups is 1. The van der Waals surface area contributed by atoms with Crippen LogP contribution in [0.25, 0.3) is 0 Å². The normalized spacial score (nSPS) is 14.6. The summed E-state index contributed by atoms with van der Waals surface area (Å²) in [6.45, 7) is 5.51. The maximum Gasteiger partial charge on any atom is 0.175 e. The smallest absolute Gasteiger partial charge is 0.175 e. The second-order valence-electron chi connectivity index (χ2n) is 6.36. The molecular weight excluding hydrogens is 332 g/mol. The molecule has 0 atom stereocenters. The van der Waals surface area contributed by atoms with Crippen LogP contribution < -0.4 is 0 Å². The highest BCUT2D eigenvalue weighted by Gasteiger charge is 2.13. The van der Waals surface area contributed by atoms with E-state index in [1.54, 1.807) is 30.3 Å². The van der Waals surface area contributed by atoms with E-state index in [0.717, 1.165) is 12.1 Å². The van der Waals surface area contributed by atoms with Crippen molar-refractivity contribution >= 4 is 16.1 Å². The Kier molecular flexibility index (Phi) is 6.91. The average molecular weight is 359 g/mol. The van der Waals surface area contributed by atoms with Crippen LogP contribution in [-0.2, 0) is 16.4 Å². The van der Waals surface area contributed by atoms with E-state index < -0.39 is 9.84 Å². The molecule has 0 spiro atoms. The van der Waals surface area contributed by atoms with Crippen molar-refractivity contribution in [2.75, 3.05) is 19.3 Å². The van der Waals surface area contributed by atoms with Crippen molar-refractivity contribution in [2.24, 2.45) is 0 Å². The van der Waals surface area contributed by atoms with Gasteiger partial charge in [0.1, 0.15) is 0 Å². The first-order valence-corrected chi connectivity index (χ1v) is 10.4. The van der Waals surface area contributed by atoms with Gasteiger partial charge in [-0.25, -0.2) is 8.42 Å². The van der Waals surface area contributed by atoms with Gasteiger partial charge in [-0.1, -0.05) is 36.4 Å². The summed E-state index contributed by atoms with van der Waals surface area (Å²) in [5.74, 6) is 0. The van der Waals surface area contributed by atoms with Crippen LogP contribution in [0, 0.1) is 12.3 Å². The molecule has 5 heteroatoms. The third-order valence-corrected chi connectivity index (χ3v) is 5.45. The third kappa shape index (κ3) is 5.80. The second-order valence-corrected chi connectivity index (χ2v) is 8.38. The lowest BCUT2D eigenvalue weighted by atomic mass is 10.0. The van der Waals surface area contributed by atoms with Crippen molar-refractivity contribution in [1.82, 2.24) is 4.90 Å². The molecule has 2 aromatic rings. The summed E-state index contributed by atoms with van der Waals surface area (Å²) in [6, 6.07) is 14.7. The van der Waals surface area contributed by atoms with Crippen molar-refractivity contribution in [3.63, 3.8) is 0 Å². The molecule has 3 rings (SSSR count).